The average Bonchev–Trinajstić information content (AvgIpc) is 3.34. The Morgan fingerprint density at radius 1 is 1.17 bits per heavy atom. The summed E-state index contributed by atoms with van der Waals surface area (Å²) in [5.74, 6) is 0.0225. The lowest BCUT2D eigenvalue weighted by molar-refractivity contribution is -0.128. The van der Waals surface area contributed by atoms with Crippen molar-refractivity contribution in [2.75, 3.05) is 20.2 Å². The molecule has 0 radical (unpaired) electrons. The molecule has 2 amide bonds. The molecule has 0 aliphatic carbocycles. The van der Waals surface area contributed by atoms with Gasteiger partial charge >= 0.3 is 0 Å². The summed E-state index contributed by atoms with van der Waals surface area (Å²) in [6.45, 7) is 4.85. The number of benzene rings is 1. The summed E-state index contributed by atoms with van der Waals surface area (Å²) in [4.78, 5) is 31.8. The van der Waals surface area contributed by atoms with Crippen LogP contribution in [0.5, 0.6) is 5.88 Å². The van der Waals surface area contributed by atoms with Crippen LogP contribution in [0, 0.1) is 5.92 Å². The van der Waals surface area contributed by atoms with Crippen molar-refractivity contribution < 1.29 is 14.3 Å². The maximum absolute atomic E-state index is 13.0. The first kappa shape index (κ1) is 25.0. The maximum atomic E-state index is 13.0. The van der Waals surface area contributed by atoms with Gasteiger partial charge in [-0.1, -0.05) is 35.3 Å². The van der Waals surface area contributed by atoms with Crippen LogP contribution in [0.15, 0.2) is 42.6 Å². The summed E-state index contributed by atoms with van der Waals surface area (Å²) in [7, 11) is 1.52. The van der Waals surface area contributed by atoms with Gasteiger partial charge in [-0.3, -0.25) is 14.7 Å². The second-order valence-electron chi connectivity index (χ2n) is 9.06. The van der Waals surface area contributed by atoms with Crippen molar-refractivity contribution in [1.82, 2.24) is 25.4 Å². The second kappa shape index (κ2) is 10.3. The fraction of sp³-hybridized carbons (Fsp3) is 0.360. The second-order valence-corrected chi connectivity index (χ2v) is 9.91. The topological polar surface area (TPSA) is 100 Å². The summed E-state index contributed by atoms with van der Waals surface area (Å²) < 4.78 is 5.15. The Labute approximate surface area is 214 Å². The molecular formula is C25H27Cl2N5O3. The number of nitrogens with one attached hydrogen (secondary N) is 2. The number of rotatable bonds is 6. The van der Waals surface area contributed by atoms with Crippen molar-refractivity contribution >= 4 is 35.0 Å². The predicted molar refractivity (Wildman–Crippen MR) is 135 cm³/mol. The van der Waals surface area contributed by atoms with Crippen LogP contribution >= 0.6 is 23.2 Å². The van der Waals surface area contributed by atoms with Crippen molar-refractivity contribution in [2.45, 2.75) is 32.2 Å². The SMILES string of the molecule is COc1cc(-c2cc(C(=O)N3CCC(C(=O)NC(C)(C)c4cccc(Cl)c4)CC3)n[nH]2)c(Cl)cn1. The molecule has 2 N–H and O–H groups in total. The largest absolute Gasteiger partial charge is 0.481 e. The summed E-state index contributed by atoms with van der Waals surface area (Å²) >= 11 is 12.4. The van der Waals surface area contributed by atoms with Crippen LogP contribution in [0.2, 0.25) is 10.0 Å². The third-order valence-corrected chi connectivity index (χ3v) is 6.80. The van der Waals surface area contributed by atoms with Gasteiger partial charge in [0.25, 0.3) is 5.91 Å². The highest BCUT2D eigenvalue weighted by atomic mass is 35.5. The molecule has 35 heavy (non-hydrogen) atoms. The molecule has 0 atom stereocenters. The molecule has 0 spiro atoms. The lowest BCUT2D eigenvalue weighted by atomic mass is 9.90. The molecule has 3 aromatic rings. The Kier molecular flexibility index (Phi) is 7.33. The van der Waals surface area contributed by atoms with E-state index in [0.717, 1.165) is 5.56 Å². The summed E-state index contributed by atoms with van der Waals surface area (Å²) in [6, 6.07) is 10.8. The quantitative estimate of drug-likeness (QED) is 0.495. The molecule has 1 fully saturated rings. The van der Waals surface area contributed by atoms with E-state index < -0.39 is 5.54 Å². The van der Waals surface area contributed by atoms with Gasteiger partial charge in [-0.15, -0.1) is 0 Å². The zero-order chi connectivity index (χ0) is 25.2. The van der Waals surface area contributed by atoms with Gasteiger partial charge in [-0.05, 0) is 50.5 Å². The highest BCUT2D eigenvalue weighted by Crippen LogP contribution is 2.30. The normalized spacial score (nSPS) is 14.6. The average molecular weight is 516 g/mol. The Hall–Kier alpha value is -3.10. The molecule has 1 aliphatic heterocycles. The fourth-order valence-corrected chi connectivity index (χ4v) is 4.57. The highest BCUT2D eigenvalue weighted by Gasteiger charge is 2.32. The smallest absolute Gasteiger partial charge is 0.274 e. The Morgan fingerprint density at radius 3 is 2.60 bits per heavy atom. The van der Waals surface area contributed by atoms with Gasteiger partial charge in [0.2, 0.25) is 11.8 Å². The van der Waals surface area contributed by atoms with Crippen molar-refractivity contribution in [3.63, 3.8) is 0 Å². The molecule has 1 saturated heterocycles. The van der Waals surface area contributed by atoms with Gasteiger partial charge in [0.15, 0.2) is 5.69 Å². The zero-order valence-corrected chi connectivity index (χ0v) is 21.3. The molecule has 184 valence electrons. The van der Waals surface area contributed by atoms with Crippen LogP contribution in [-0.4, -0.2) is 52.1 Å². The molecule has 4 rings (SSSR count). The minimum absolute atomic E-state index is 0.0228. The first-order valence-electron chi connectivity index (χ1n) is 11.3. The molecule has 1 aromatic carbocycles. The molecule has 3 heterocycles. The zero-order valence-electron chi connectivity index (χ0n) is 19.8. The number of aromatic nitrogens is 3. The third kappa shape index (κ3) is 5.60. The standard InChI is InChI=1S/C25H27Cl2N5O3/c1-25(2,16-5-4-6-17(26)11-16)29-23(33)15-7-9-32(10-8-15)24(34)21-13-20(30-31-21)18-12-22(35-3)28-14-19(18)27/h4-6,11-15H,7-10H2,1-3H3,(H,29,33)(H,30,31). The van der Waals surface area contributed by atoms with E-state index in [4.69, 9.17) is 27.9 Å². The van der Waals surface area contributed by atoms with Gasteiger partial charge < -0.3 is 15.0 Å². The number of nitrogens with zero attached hydrogens (tertiary/aromatic N) is 3. The number of likely N-dealkylation sites (tertiary alicyclic amines) is 1. The lowest BCUT2D eigenvalue weighted by Crippen LogP contribution is -2.48. The molecule has 1 aliphatic rings. The summed E-state index contributed by atoms with van der Waals surface area (Å²) in [6.07, 6.45) is 2.64. The van der Waals surface area contributed by atoms with Crippen LogP contribution in [0.4, 0.5) is 0 Å². The van der Waals surface area contributed by atoms with Crippen molar-refractivity contribution in [1.29, 1.82) is 0 Å². The van der Waals surface area contributed by atoms with Crippen LogP contribution in [0.1, 0.15) is 42.7 Å². The lowest BCUT2D eigenvalue weighted by Gasteiger charge is -2.34. The number of hydrogen-bond donors (Lipinski definition) is 2. The van der Waals surface area contributed by atoms with E-state index in [1.807, 2.05) is 32.0 Å². The minimum atomic E-state index is -0.558. The molecule has 0 bridgehead atoms. The Morgan fingerprint density at radius 2 is 1.91 bits per heavy atom. The molecular weight excluding hydrogens is 489 g/mol. The molecule has 8 nitrogen and oxygen atoms in total. The number of aromatic amines is 1. The molecule has 2 aromatic heterocycles. The van der Waals surface area contributed by atoms with E-state index in [-0.39, 0.29) is 23.4 Å². The number of pyridine rings is 1. The van der Waals surface area contributed by atoms with Crippen LogP contribution in [0.25, 0.3) is 11.3 Å². The first-order chi connectivity index (χ1) is 16.7. The number of hydrogen-bond acceptors (Lipinski definition) is 5. The fourth-order valence-electron chi connectivity index (χ4n) is 4.17. The van der Waals surface area contributed by atoms with E-state index in [9.17, 15) is 9.59 Å². The maximum Gasteiger partial charge on any atom is 0.274 e. The number of carbonyl (C=O) groups excluding carboxylic acids is 2. The van der Waals surface area contributed by atoms with Gasteiger partial charge in [0.05, 0.1) is 29.6 Å². The van der Waals surface area contributed by atoms with Gasteiger partial charge in [-0.25, -0.2) is 4.98 Å². The first-order valence-corrected chi connectivity index (χ1v) is 12.1. The van der Waals surface area contributed by atoms with E-state index in [2.05, 4.69) is 20.5 Å². The van der Waals surface area contributed by atoms with Crippen LogP contribution < -0.4 is 10.1 Å². The Balaban J connectivity index is 1.37. The van der Waals surface area contributed by atoms with Gasteiger partial charge in [-0.2, -0.15) is 5.10 Å². The van der Waals surface area contributed by atoms with Crippen molar-refractivity contribution in [3.05, 3.63) is 63.9 Å². The monoisotopic (exact) mass is 515 g/mol. The number of piperidine rings is 1. The number of halogens is 2. The molecule has 0 saturated carbocycles. The number of H-pyrrole nitrogens is 1. The van der Waals surface area contributed by atoms with Crippen molar-refractivity contribution in [2.24, 2.45) is 5.92 Å². The minimum Gasteiger partial charge on any atom is -0.481 e. The van der Waals surface area contributed by atoms with Crippen LogP contribution in [-0.2, 0) is 10.3 Å². The van der Waals surface area contributed by atoms with E-state index in [1.165, 1.54) is 13.3 Å². The van der Waals surface area contributed by atoms with E-state index in [0.29, 0.717) is 53.1 Å². The van der Waals surface area contributed by atoms with E-state index >= 15 is 0 Å². The number of carbonyl (C=O) groups is 2. The number of methoxy groups -OCH3 is 1. The predicted octanol–water partition coefficient (Wildman–Crippen LogP) is 4.69. The van der Waals surface area contributed by atoms with Crippen LogP contribution in [0.3, 0.4) is 0 Å². The molecule has 10 heteroatoms. The van der Waals surface area contributed by atoms with Gasteiger partial charge in [0.1, 0.15) is 0 Å². The number of amides is 2. The van der Waals surface area contributed by atoms with E-state index in [1.54, 1.807) is 23.1 Å². The summed E-state index contributed by atoms with van der Waals surface area (Å²) in [5, 5.41) is 11.2. The van der Waals surface area contributed by atoms with Gasteiger partial charge in [0, 0.05) is 35.7 Å². The molecule has 0 unspecified atom stereocenters. The Bertz CT molecular complexity index is 1240. The number of ether oxygens (including phenoxy) is 1. The summed E-state index contributed by atoms with van der Waals surface area (Å²) in [5.41, 5.74) is 1.90. The van der Waals surface area contributed by atoms with Crippen molar-refractivity contribution in [3.8, 4) is 17.1 Å². The highest BCUT2D eigenvalue weighted by molar-refractivity contribution is 6.33. The third-order valence-electron chi connectivity index (χ3n) is 6.26.